The predicted molar refractivity (Wildman–Crippen MR) is 113 cm³/mol. The van der Waals surface area contributed by atoms with Crippen molar-refractivity contribution in [3.05, 3.63) is 87.7 Å². The molecule has 1 aliphatic rings. The molecule has 0 saturated carbocycles. The third-order valence-electron chi connectivity index (χ3n) is 4.79. The third kappa shape index (κ3) is 4.42. The van der Waals surface area contributed by atoms with Crippen LogP contribution in [-0.2, 0) is 22.7 Å². The largest absolute Gasteiger partial charge is 0.496 e. The summed E-state index contributed by atoms with van der Waals surface area (Å²) < 4.78 is 36.4. The Morgan fingerprint density at radius 3 is 2.74 bits per heavy atom. The summed E-state index contributed by atoms with van der Waals surface area (Å²) in [5.74, 6) is -0.523. The first kappa shape index (κ1) is 21.0. The second-order valence-electron chi connectivity index (χ2n) is 6.87. The van der Waals surface area contributed by atoms with E-state index >= 15 is 0 Å². The minimum absolute atomic E-state index is 0.110. The van der Waals surface area contributed by atoms with Crippen LogP contribution in [0.25, 0.3) is 0 Å². The molecule has 1 aliphatic heterocycles. The van der Waals surface area contributed by atoms with Crippen LogP contribution < -0.4 is 15.2 Å². The summed E-state index contributed by atoms with van der Waals surface area (Å²) in [5.41, 5.74) is 7.87. The van der Waals surface area contributed by atoms with Gasteiger partial charge in [-0.15, -0.1) is 0 Å². The molecule has 0 bridgehead atoms. The van der Waals surface area contributed by atoms with Crippen molar-refractivity contribution in [2.24, 2.45) is 0 Å². The summed E-state index contributed by atoms with van der Waals surface area (Å²) in [6.45, 7) is -0.0550. The lowest BCUT2D eigenvalue weighted by Gasteiger charge is -2.28. The van der Waals surface area contributed by atoms with Crippen molar-refractivity contribution < 1.29 is 28.1 Å². The molecule has 31 heavy (non-hydrogen) atoms. The summed E-state index contributed by atoms with van der Waals surface area (Å²) >= 11 is 6.02. The number of carbonyl (C=O) groups is 1. The molecule has 0 spiro atoms. The standard InChI is InChI=1S/C23H19ClFNO5/c1-28-20-10-19(26)18(24)9-17(20)22(27)29-11-14-7-16(25)8-15-12-30-23(31-21(14)15)13-5-3-2-4-6-13/h2-10,23H,11-12,26H2,1H3. The zero-order valence-electron chi connectivity index (χ0n) is 16.6. The van der Waals surface area contributed by atoms with Crippen LogP contribution in [0.3, 0.4) is 0 Å². The Hall–Kier alpha value is -3.29. The molecular formula is C23H19ClFNO5. The fraction of sp³-hybridized carbons (Fsp3) is 0.174. The van der Waals surface area contributed by atoms with Crippen molar-refractivity contribution >= 4 is 23.3 Å². The summed E-state index contributed by atoms with van der Waals surface area (Å²) in [7, 11) is 1.40. The number of hydrogen-bond donors (Lipinski definition) is 1. The molecule has 1 unspecified atom stereocenters. The quantitative estimate of drug-likeness (QED) is 0.440. The van der Waals surface area contributed by atoms with Crippen LogP contribution in [0.1, 0.15) is 33.3 Å². The first-order valence-corrected chi connectivity index (χ1v) is 9.78. The Balaban J connectivity index is 1.57. The summed E-state index contributed by atoms with van der Waals surface area (Å²) in [5, 5.41) is 0.196. The van der Waals surface area contributed by atoms with E-state index in [-0.39, 0.29) is 35.2 Å². The van der Waals surface area contributed by atoms with Gasteiger partial charge in [0.05, 0.1) is 24.4 Å². The van der Waals surface area contributed by atoms with Crippen molar-refractivity contribution in [3.8, 4) is 11.5 Å². The van der Waals surface area contributed by atoms with Gasteiger partial charge in [0, 0.05) is 22.8 Å². The molecule has 3 aromatic rings. The van der Waals surface area contributed by atoms with Gasteiger partial charge < -0.3 is 24.7 Å². The van der Waals surface area contributed by atoms with Crippen molar-refractivity contribution in [1.29, 1.82) is 0 Å². The van der Waals surface area contributed by atoms with Gasteiger partial charge >= 0.3 is 5.97 Å². The van der Waals surface area contributed by atoms with Crippen molar-refractivity contribution in [1.82, 2.24) is 0 Å². The zero-order valence-corrected chi connectivity index (χ0v) is 17.3. The van der Waals surface area contributed by atoms with Crippen molar-refractivity contribution in [2.45, 2.75) is 19.5 Å². The summed E-state index contributed by atoms with van der Waals surface area (Å²) in [6, 6.07) is 14.8. The fourth-order valence-electron chi connectivity index (χ4n) is 3.28. The number of rotatable bonds is 5. The lowest BCUT2D eigenvalue weighted by atomic mass is 10.1. The van der Waals surface area contributed by atoms with E-state index < -0.39 is 18.1 Å². The van der Waals surface area contributed by atoms with Gasteiger partial charge in [0.25, 0.3) is 0 Å². The number of ether oxygens (including phenoxy) is 4. The van der Waals surface area contributed by atoms with Gasteiger partial charge in [-0.3, -0.25) is 0 Å². The van der Waals surface area contributed by atoms with Crippen LogP contribution in [-0.4, -0.2) is 13.1 Å². The smallest absolute Gasteiger partial charge is 0.342 e. The SMILES string of the molecule is COc1cc(N)c(Cl)cc1C(=O)OCc1cc(F)cc2c1OC(c1ccccc1)OC2. The highest BCUT2D eigenvalue weighted by Crippen LogP contribution is 2.37. The number of hydrogen-bond acceptors (Lipinski definition) is 6. The predicted octanol–water partition coefficient (Wildman–Crippen LogP) is 5.03. The molecule has 1 heterocycles. The summed E-state index contributed by atoms with van der Waals surface area (Å²) in [4.78, 5) is 12.6. The molecule has 0 amide bonds. The Morgan fingerprint density at radius 2 is 2.00 bits per heavy atom. The average molecular weight is 444 g/mol. The number of halogens is 2. The number of esters is 1. The van der Waals surface area contributed by atoms with E-state index in [1.807, 2.05) is 30.3 Å². The van der Waals surface area contributed by atoms with Gasteiger partial charge in [-0.1, -0.05) is 41.9 Å². The second-order valence-corrected chi connectivity index (χ2v) is 7.28. The van der Waals surface area contributed by atoms with Crippen LogP contribution in [0.5, 0.6) is 11.5 Å². The number of fused-ring (bicyclic) bond motifs is 1. The Morgan fingerprint density at radius 1 is 1.23 bits per heavy atom. The van der Waals surface area contributed by atoms with E-state index in [1.165, 1.54) is 31.4 Å². The second kappa shape index (κ2) is 8.83. The van der Waals surface area contributed by atoms with E-state index in [2.05, 4.69) is 0 Å². The van der Waals surface area contributed by atoms with Crippen LogP contribution >= 0.6 is 11.6 Å². The molecule has 0 fully saturated rings. The topological polar surface area (TPSA) is 80.0 Å². The molecule has 3 aromatic carbocycles. The Kier molecular flexibility index (Phi) is 5.97. The maximum Gasteiger partial charge on any atom is 0.342 e. The van der Waals surface area contributed by atoms with Gasteiger partial charge in [0.15, 0.2) is 0 Å². The van der Waals surface area contributed by atoms with E-state index in [0.717, 1.165) is 5.56 Å². The summed E-state index contributed by atoms with van der Waals surface area (Å²) in [6.07, 6.45) is -0.649. The van der Waals surface area contributed by atoms with Crippen LogP contribution in [0, 0.1) is 5.82 Å². The molecule has 6 nitrogen and oxygen atoms in total. The minimum Gasteiger partial charge on any atom is -0.496 e. The third-order valence-corrected chi connectivity index (χ3v) is 5.12. The molecule has 4 rings (SSSR count). The fourth-order valence-corrected chi connectivity index (χ4v) is 3.44. The molecule has 2 N–H and O–H groups in total. The Labute approximate surface area is 183 Å². The molecule has 0 aromatic heterocycles. The first-order valence-electron chi connectivity index (χ1n) is 9.41. The lowest BCUT2D eigenvalue weighted by Crippen LogP contribution is -2.20. The molecule has 0 radical (unpaired) electrons. The van der Waals surface area contributed by atoms with Crippen LogP contribution in [0.2, 0.25) is 5.02 Å². The molecule has 0 saturated heterocycles. The van der Waals surface area contributed by atoms with Crippen molar-refractivity contribution in [2.75, 3.05) is 12.8 Å². The number of nitrogen functional groups attached to an aromatic ring is 1. The van der Waals surface area contributed by atoms with E-state index in [0.29, 0.717) is 16.9 Å². The lowest BCUT2D eigenvalue weighted by molar-refractivity contribution is -0.112. The van der Waals surface area contributed by atoms with Gasteiger partial charge in [-0.05, 0) is 18.2 Å². The maximum atomic E-state index is 14.1. The normalized spacial score (nSPS) is 15.0. The average Bonchev–Trinajstić information content (AvgIpc) is 2.79. The maximum absolute atomic E-state index is 14.1. The van der Waals surface area contributed by atoms with Gasteiger partial charge in [0.1, 0.15) is 29.5 Å². The van der Waals surface area contributed by atoms with Gasteiger partial charge in [-0.25, -0.2) is 9.18 Å². The molecular weight excluding hydrogens is 425 g/mol. The number of benzene rings is 3. The van der Waals surface area contributed by atoms with Crippen LogP contribution in [0.15, 0.2) is 54.6 Å². The number of nitrogens with two attached hydrogens (primary N) is 1. The van der Waals surface area contributed by atoms with Gasteiger partial charge in [-0.2, -0.15) is 0 Å². The Bertz CT molecular complexity index is 1120. The first-order chi connectivity index (χ1) is 15.0. The molecule has 160 valence electrons. The highest BCUT2D eigenvalue weighted by Gasteiger charge is 2.26. The molecule has 8 heteroatoms. The number of anilines is 1. The highest BCUT2D eigenvalue weighted by atomic mass is 35.5. The number of carbonyl (C=O) groups excluding carboxylic acids is 1. The molecule has 0 aliphatic carbocycles. The minimum atomic E-state index is -0.691. The van der Waals surface area contributed by atoms with E-state index in [4.69, 9.17) is 36.3 Å². The van der Waals surface area contributed by atoms with Crippen molar-refractivity contribution in [3.63, 3.8) is 0 Å². The van der Waals surface area contributed by atoms with E-state index in [1.54, 1.807) is 0 Å². The van der Waals surface area contributed by atoms with Crippen LogP contribution in [0.4, 0.5) is 10.1 Å². The van der Waals surface area contributed by atoms with Gasteiger partial charge in [0.2, 0.25) is 6.29 Å². The zero-order chi connectivity index (χ0) is 22.0. The molecule has 1 atom stereocenters. The number of methoxy groups -OCH3 is 1. The van der Waals surface area contributed by atoms with E-state index in [9.17, 15) is 9.18 Å². The monoisotopic (exact) mass is 443 g/mol. The highest BCUT2D eigenvalue weighted by molar-refractivity contribution is 6.33.